The molecule has 1 aromatic rings. The summed E-state index contributed by atoms with van der Waals surface area (Å²) in [6.07, 6.45) is 5.89. The van der Waals surface area contributed by atoms with Gasteiger partial charge < -0.3 is 4.74 Å². The van der Waals surface area contributed by atoms with Gasteiger partial charge in [0.05, 0.1) is 13.3 Å². The van der Waals surface area contributed by atoms with Crippen LogP contribution in [-0.4, -0.2) is 16.7 Å². The van der Waals surface area contributed by atoms with Crippen LogP contribution in [-0.2, 0) is 7.05 Å². The third-order valence-corrected chi connectivity index (χ3v) is 3.83. The average Bonchev–Trinajstić information content (AvgIpc) is 2.72. The number of thiol groups is 1. The van der Waals surface area contributed by atoms with Crippen LogP contribution >= 0.6 is 10.9 Å². The van der Waals surface area contributed by atoms with Gasteiger partial charge in [-0.2, -0.15) is 10.9 Å². The summed E-state index contributed by atoms with van der Waals surface area (Å²) in [7, 11) is 3.30. The van der Waals surface area contributed by atoms with Crippen molar-refractivity contribution in [1.82, 2.24) is 9.55 Å². The van der Waals surface area contributed by atoms with Gasteiger partial charge in [-0.3, -0.25) is 4.57 Å². The van der Waals surface area contributed by atoms with Crippen LogP contribution in [0.5, 0.6) is 5.88 Å². The van der Waals surface area contributed by atoms with Crippen LogP contribution in [0.25, 0.3) is 0 Å². The maximum absolute atomic E-state index is 5.15. The van der Waals surface area contributed by atoms with Crippen LogP contribution < -0.4 is 4.74 Å². The van der Waals surface area contributed by atoms with Crippen LogP contribution in [0.4, 0.5) is 0 Å². The predicted molar refractivity (Wildman–Crippen MR) is 55.3 cm³/mol. The molecular weight excluding hydrogens is 184 g/mol. The van der Waals surface area contributed by atoms with Gasteiger partial charge in [-0.1, -0.05) is 12.2 Å². The first-order valence-corrected chi connectivity index (χ1v) is 5.50. The summed E-state index contributed by atoms with van der Waals surface area (Å²) in [5, 5.41) is 5.44. The zero-order valence-corrected chi connectivity index (χ0v) is 8.53. The zero-order valence-electron chi connectivity index (χ0n) is 7.64. The molecule has 70 valence electrons. The molecule has 0 amide bonds. The van der Waals surface area contributed by atoms with Crippen LogP contribution in [0.3, 0.4) is 0 Å². The first-order valence-electron chi connectivity index (χ1n) is 4.02. The van der Waals surface area contributed by atoms with Crippen molar-refractivity contribution >= 4 is 10.9 Å². The van der Waals surface area contributed by atoms with Gasteiger partial charge in [0.1, 0.15) is 0 Å². The van der Waals surface area contributed by atoms with E-state index in [9.17, 15) is 0 Å². The largest absolute Gasteiger partial charge is 0.481 e. The van der Waals surface area contributed by atoms with Crippen LogP contribution in [0, 0.1) is 0 Å². The zero-order chi connectivity index (χ0) is 9.26. The number of ether oxygens (including phenoxy) is 1. The fourth-order valence-electron chi connectivity index (χ4n) is 1.28. The van der Waals surface area contributed by atoms with Gasteiger partial charge in [0.25, 0.3) is 0 Å². The Hall–Kier alpha value is -1.16. The van der Waals surface area contributed by atoms with E-state index < -0.39 is 0 Å². The van der Waals surface area contributed by atoms with Gasteiger partial charge in [0, 0.05) is 7.05 Å². The predicted octanol–water partition coefficient (Wildman–Crippen LogP) is 1.83. The third-order valence-electron chi connectivity index (χ3n) is 1.97. The molecule has 1 aliphatic rings. The van der Waals surface area contributed by atoms with E-state index in [-0.39, 0.29) is 10.9 Å². The molecule has 0 atom stereocenters. The number of allylic oxidation sites excluding steroid dienone is 2. The van der Waals surface area contributed by atoms with Crippen molar-refractivity contribution in [3.8, 4) is 5.88 Å². The molecule has 0 saturated carbocycles. The molecule has 0 saturated heterocycles. The van der Waals surface area contributed by atoms with Crippen molar-refractivity contribution in [2.24, 2.45) is 7.05 Å². The van der Waals surface area contributed by atoms with Crippen molar-refractivity contribution in [3.05, 3.63) is 29.2 Å². The first kappa shape index (κ1) is 8.44. The lowest BCUT2D eigenvalue weighted by Crippen LogP contribution is -1.96. The second kappa shape index (κ2) is 3.30. The van der Waals surface area contributed by atoms with E-state index in [2.05, 4.69) is 28.0 Å². The van der Waals surface area contributed by atoms with Gasteiger partial charge in [0.15, 0.2) is 5.16 Å². The molecule has 0 radical (unpaired) electrons. The molecule has 0 N–H and O–H groups in total. The standard InChI is InChI=1S/C9H12N2OS/c1-11-8(12-2)7-10-9(11)13-5-3-4-6-13/h3-7,13H,1-2H3. The van der Waals surface area contributed by atoms with E-state index in [4.69, 9.17) is 4.74 Å². The minimum Gasteiger partial charge on any atom is -0.481 e. The fraction of sp³-hybridized carbons (Fsp3) is 0.222. The summed E-state index contributed by atoms with van der Waals surface area (Å²) in [6, 6.07) is 0. The Morgan fingerprint density at radius 2 is 2.08 bits per heavy atom. The van der Waals surface area contributed by atoms with E-state index in [1.807, 2.05) is 11.6 Å². The molecular formula is C9H12N2OS. The Labute approximate surface area is 80.1 Å². The highest BCUT2D eigenvalue weighted by molar-refractivity contribution is 8.22. The number of hydrogen-bond acceptors (Lipinski definition) is 2. The Bertz CT molecular complexity index is 356. The summed E-state index contributed by atoms with van der Waals surface area (Å²) in [5.74, 6) is 0.811. The summed E-state index contributed by atoms with van der Waals surface area (Å²) >= 11 is 0. The monoisotopic (exact) mass is 196 g/mol. The molecule has 4 heteroatoms. The van der Waals surface area contributed by atoms with Gasteiger partial charge in [0.2, 0.25) is 5.88 Å². The fourth-order valence-corrected chi connectivity index (χ4v) is 2.85. The van der Waals surface area contributed by atoms with E-state index >= 15 is 0 Å². The Morgan fingerprint density at radius 1 is 1.38 bits per heavy atom. The molecule has 2 heterocycles. The van der Waals surface area contributed by atoms with Crippen molar-refractivity contribution < 1.29 is 4.74 Å². The summed E-state index contributed by atoms with van der Waals surface area (Å²) in [4.78, 5) is 4.33. The van der Waals surface area contributed by atoms with Gasteiger partial charge in [-0.05, 0) is 10.8 Å². The van der Waals surface area contributed by atoms with Crippen LogP contribution in [0.2, 0.25) is 0 Å². The average molecular weight is 196 g/mol. The minimum absolute atomic E-state index is 0.335. The Morgan fingerprint density at radius 3 is 2.62 bits per heavy atom. The molecule has 13 heavy (non-hydrogen) atoms. The number of imidazole rings is 1. The quantitative estimate of drug-likeness (QED) is 0.731. The molecule has 2 rings (SSSR count). The van der Waals surface area contributed by atoms with Crippen LogP contribution in [0.1, 0.15) is 0 Å². The van der Waals surface area contributed by atoms with E-state index in [1.54, 1.807) is 13.3 Å². The Kier molecular flexibility index (Phi) is 2.14. The lowest BCUT2D eigenvalue weighted by Gasteiger charge is -2.10. The maximum atomic E-state index is 5.15. The second-order valence-corrected chi connectivity index (χ2v) is 4.56. The van der Waals surface area contributed by atoms with Gasteiger partial charge >= 0.3 is 0 Å². The highest BCUT2D eigenvalue weighted by atomic mass is 32.2. The lowest BCUT2D eigenvalue weighted by atomic mass is 10.6. The molecule has 0 spiro atoms. The van der Waals surface area contributed by atoms with Crippen molar-refractivity contribution in [3.63, 3.8) is 0 Å². The summed E-state index contributed by atoms with van der Waals surface area (Å²) in [5.41, 5.74) is 0. The number of rotatable bonds is 2. The minimum atomic E-state index is -0.335. The van der Waals surface area contributed by atoms with Gasteiger partial charge in [-0.25, -0.2) is 4.98 Å². The molecule has 3 nitrogen and oxygen atoms in total. The van der Waals surface area contributed by atoms with Crippen molar-refractivity contribution in [1.29, 1.82) is 0 Å². The second-order valence-electron chi connectivity index (χ2n) is 2.75. The Balaban J connectivity index is 2.35. The molecule has 1 aromatic heterocycles. The molecule has 0 aliphatic carbocycles. The topological polar surface area (TPSA) is 27.1 Å². The number of hydrogen-bond donors (Lipinski definition) is 1. The van der Waals surface area contributed by atoms with E-state index in [0.717, 1.165) is 11.0 Å². The molecule has 0 unspecified atom stereocenters. The summed E-state index contributed by atoms with van der Waals surface area (Å²) < 4.78 is 7.14. The summed E-state index contributed by atoms with van der Waals surface area (Å²) in [6.45, 7) is 0. The first-order chi connectivity index (χ1) is 6.33. The number of methoxy groups -OCH3 is 1. The smallest absolute Gasteiger partial charge is 0.213 e. The molecule has 0 aromatic carbocycles. The van der Waals surface area contributed by atoms with Crippen molar-refractivity contribution in [2.45, 2.75) is 5.16 Å². The normalized spacial score (nSPS) is 16.9. The number of aromatic nitrogens is 2. The number of nitrogens with zero attached hydrogens (tertiary/aromatic N) is 2. The maximum Gasteiger partial charge on any atom is 0.213 e. The van der Waals surface area contributed by atoms with Crippen LogP contribution in [0.15, 0.2) is 34.3 Å². The van der Waals surface area contributed by atoms with Gasteiger partial charge in [-0.15, -0.1) is 0 Å². The van der Waals surface area contributed by atoms with E-state index in [1.165, 1.54) is 0 Å². The lowest BCUT2D eigenvalue weighted by molar-refractivity contribution is 0.377. The molecule has 0 fully saturated rings. The SMILES string of the molecule is COc1cnc([SH]2C=CC=C2)n1C. The van der Waals surface area contributed by atoms with Crippen molar-refractivity contribution in [2.75, 3.05) is 7.11 Å². The third kappa shape index (κ3) is 1.37. The molecule has 0 bridgehead atoms. The molecule has 1 aliphatic heterocycles. The highest BCUT2D eigenvalue weighted by Gasteiger charge is 2.11. The van der Waals surface area contributed by atoms with E-state index in [0.29, 0.717) is 0 Å². The highest BCUT2D eigenvalue weighted by Crippen LogP contribution is 2.41.